The second-order valence-electron chi connectivity index (χ2n) is 9.11. The molecule has 0 saturated heterocycles. The highest BCUT2D eigenvalue weighted by molar-refractivity contribution is 5.72. The maximum atomic E-state index is 12.7. The Morgan fingerprint density at radius 2 is 1.95 bits per heavy atom. The zero-order valence-electron chi connectivity index (χ0n) is 20.3. The minimum Gasteiger partial charge on any atom is -0.486 e. The van der Waals surface area contributed by atoms with Gasteiger partial charge in [-0.2, -0.15) is 4.98 Å². The van der Waals surface area contributed by atoms with E-state index in [9.17, 15) is 9.90 Å². The molecule has 0 radical (unpaired) electrons. The molecule has 11 heteroatoms. The van der Waals surface area contributed by atoms with Crippen LogP contribution >= 0.6 is 0 Å². The van der Waals surface area contributed by atoms with Gasteiger partial charge in [-0.05, 0) is 24.1 Å². The van der Waals surface area contributed by atoms with Crippen LogP contribution in [0.5, 0.6) is 17.4 Å². The molecule has 190 valence electrons. The van der Waals surface area contributed by atoms with Crippen LogP contribution in [0, 0.1) is 5.92 Å². The number of rotatable bonds is 6. The fraction of sp³-hybridized carbons (Fsp3) is 0.346. The molecule has 2 atom stereocenters. The third-order valence-corrected chi connectivity index (χ3v) is 6.72. The molecular weight excluding hydrogens is 476 g/mol. The molecule has 0 fully saturated rings. The van der Waals surface area contributed by atoms with Crippen molar-refractivity contribution in [3.05, 3.63) is 70.2 Å². The van der Waals surface area contributed by atoms with Crippen molar-refractivity contribution in [3.63, 3.8) is 0 Å². The van der Waals surface area contributed by atoms with E-state index in [4.69, 9.17) is 14.2 Å². The third-order valence-electron chi connectivity index (χ3n) is 6.72. The molecule has 1 aliphatic heterocycles. The standard InChI is InChI=1S/C26H26N6O5/c1-35-24-3-2-19-26(31-24)32(25(34)14-30-19)18-6-15-8-21(33)16(7-20(15)29-12-18)10-27-11-17-9-22-23(13-28-17)37-5-4-36-22/h2-3,6,9,12-14,16,21,27,33H,4-5,7-8,10-11H2,1H3. The first-order valence-corrected chi connectivity index (χ1v) is 12.1. The van der Waals surface area contributed by atoms with E-state index in [2.05, 4.69) is 25.3 Å². The lowest BCUT2D eigenvalue weighted by Crippen LogP contribution is -2.38. The molecular formula is C26H26N6O5. The molecule has 4 aromatic heterocycles. The SMILES string of the molecule is COc1ccc2ncc(=O)n(-c3cnc4c(c3)CC(O)C(CNCc3cc5c(cn3)OCCO5)C4)c2n1. The lowest BCUT2D eigenvalue weighted by atomic mass is 9.84. The zero-order chi connectivity index (χ0) is 25.4. The molecule has 5 heterocycles. The first-order chi connectivity index (χ1) is 18.1. The molecule has 2 N–H and O–H groups in total. The Hall–Kier alpha value is -4.09. The Morgan fingerprint density at radius 3 is 2.81 bits per heavy atom. The zero-order valence-corrected chi connectivity index (χ0v) is 20.3. The van der Waals surface area contributed by atoms with Gasteiger partial charge in [0.15, 0.2) is 17.1 Å². The van der Waals surface area contributed by atoms with Crippen molar-refractivity contribution in [2.24, 2.45) is 5.92 Å². The summed E-state index contributed by atoms with van der Waals surface area (Å²) < 4.78 is 17.8. The van der Waals surface area contributed by atoms with Crippen LogP contribution in [0.4, 0.5) is 0 Å². The minimum atomic E-state index is -0.547. The van der Waals surface area contributed by atoms with E-state index < -0.39 is 6.10 Å². The molecule has 11 nitrogen and oxygen atoms in total. The summed E-state index contributed by atoms with van der Waals surface area (Å²) in [6.45, 7) is 2.22. The number of aliphatic hydroxyl groups is 1. The fourth-order valence-corrected chi connectivity index (χ4v) is 4.80. The van der Waals surface area contributed by atoms with Gasteiger partial charge in [-0.3, -0.25) is 19.3 Å². The highest BCUT2D eigenvalue weighted by atomic mass is 16.6. The van der Waals surface area contributed by atoms with Crippen molar-refractivity contribution in [2.45, 2.75) is 25.5 Å². The maximum absolute atomic E-state index is 12.7. The predicted octanol–water partition coefficient (Wildman–Crippen LogP) is 1.22. The van der Waals surface area contributed by atoms with E-state index in [1.807, 2.05) is 12.1 Å². The number of aliphatic hydroxyl groups excluding tert-OH is 1. The van der Waals surface area contributed by atoms with Crippen LogP contribution in [0.25, 0.3) is 16.9 Å². The van der Waals surface area contributed by atoms with Gasteiger partial charge in [0.05, 0.1) is 43.2 Å². The van der Waals surface area contributed by atoms with Crippen LogP contribution in [0.1, 0.15) is 17.0 Å². The van der Waals surface area contributed by atoms with E-state index in [0.717, 1.165) is 17.0 Å². The van der Waals surface area contributed by atoms with Gasteiger partial charge in [0, 0.05) is 43.3 Å². The third kappa shape index (κ3) is 4.58. The summed E-state index contributed by atoms with van der Waals surface area (Å²) in [6, 6.07) is 7.23. The molecule has 0 aromatic carbocycles. The van der Waals surface area contributed by atoms with Crippen LogP contribution < -0.4 is 25.1 Å². The number of nitrogens with one attached hydrogen (secondary N) is 1. The van der Waals surface area contributed by atoms with Crippen molar-refractivity contribution < 1.29 is 19.3 Å². The van der Waals surface area contributed by atoms with Crippen LogP contribution in [0.2, 0.25) is 0 Å². The van der Waals surface area contributed by atoms with Gasteiger partial charge < -0.3 is 24.6 Å². The molecule has 0 bridgehead atoms. The Kier molecular flexibility index (Phi) is 6.15. The van der Waals surface area contributed by atoms with Gasteiger partial charge in [-0.15, -0.1) is 0 Å². The van der Waals surface area contributed by atoms with Crippen molar-refractivity contribution >= 4 is 11.2 Å². The van der Waals surface area contributed by atoms with Crippen LogP contribution in [0.15, 0.2) is 47.7 Å². The number of aromatic nitrogens is 5. The van der Waals surface area contributed by atoms with Crippen molar-refractivity contribution in [2.75, 3.05) is 26.9 Å². The smallest absolute Gasteiger partial charge is 0.275 e. The van der Waals surface area contributed by atoms with E-state index in [-0.39, 0.29) is 11.5 Å². The largest absolute Gasteiger partial charge is 0.486 e. The van der Waals surface area contributed by atoms with Gasteiger partial charge >= 0.3 is 0 Å². The Morgan fingerprint density at radius 1 is 1.08 bits per heavy atom. The van der Waals surface area contributed by atoms with Crippen LogP contribution in [0.3, 0.4) is 0 Å². The number of methoxy groups -OCH3 is 1. The summed E-state index contributed by atoms with van der Waals surface area (Å²) >= 11 is 0. The number of fused-ring (bicyclic) bond motifs is 3. The quantitative estimate of drug-likeness (QED) is 0.396. The summed E-state index contributed by atoms with van der Waals surface area (Å²) in [5.74, 6) is 1.76. The molecule has 0 spiro atoms. The molecule has 6 rings (SSSR count). The van der Waals surface area contributed by atoms with Crippen molar-refractivity contribution in [1.29, 1.82) is 0 Å². The highest BCUT2D eigenvalue weighted by Gasteiger charge is 2.28. The van der Waals surface area contributed by atoms with Gasteiger partial charge in [0.1, 0.15) is 18.7 Å². The van der Waals surface area contributed by atoms with Crippen molar-refractivity contribution in [1.82, 2.24) is 29.8 Å². The average molecular weight is 503 g/mol. The number of ether oxygens (including phenoxy) is 3. The maximum Gasteiger partial charge on any atom is 0.275 e. The van der Waals surface area contributed by atoms with Crippen molar-refractivity contribution in [3.8, 4) is 23.1 Å². The molecule has 37 heavy (non-hydrogen) atoms. The molecule has 2 aliphatic rings. The molecule has 2 unspecified atom stereocenters. The van der Waals surface area contributed by atoms with Crippen LogP contribution in [-0.2, 0) is 19.4 Å². The highest BCUT2D eigenvalue weighted by Crippen LogP contribution is 2.30. The number of pyridine rings is 3. The fourth-order valence-electron chi connectivity index (χ4n) is 4.80. The Labute approximate surface area is 212 Å². The number of hydrogen-bond donors (Lipinski definition) is 2. The summed E-state index contributed by atoms with van der Waals surface area (Å²) in [6.07, 6.45) is 5.14. The first kappa shape index (κ1) is 23.3. The lowest BCUT2D eigenvalue weighted by Gasteiger charge is -2.29. The van der Waals surface area contributed by atoms with Gasteiger partial charge in [-0.25, -0.2) is 4.98 Å². The Bertz CT molecular complexity index is 1520. The van der Waals surface area contributed by atoms with E-state index in [0.29, 0.717) is 73.4 Å². The Balaban J connectivity index is 1.18. The monoisotopic (exact) mass is 502 g/mol. The molecule has 0 saturated carbocycles. The van der Waals surface area contributed by atoms with Crippen LogP contribution in [-0.4, -0.2) is 62.6 Å². The normalized spacial score (nSPS) is 18.4. The van der Waals surface area contributed by atoms with Gasteiger partial charge in [0.2, 0.25) is 5.88 Å². The van der Waals surface area contributed by atoms with Gasteiger partial charge in [0.25, 0.3) is 5.56 Å². The topological polar surface area (TPSA) is 134 Å². The number of nitrogens with zero attached hydrogens (tertiary/aromatic N) is 5. The van der Waals surface area contributed by atoms with E-state index >= 15 is 0 Å². The molecule has 0 amide bonds. The predicted molar refractivity (Wildman–Crippen MR) is 133 cm³/mol. The lowest BCUT2D eigenvalue weighted by molar-refractivity contribution is 0.0974. The van der Waals surface area contributed by atoms with Gasteiger partial charge in [-0.1, -0.05) is 0 Å². The molecule has 4 aromatic rings. The minimum absolute atomic E-state index is 0.00142. The number of hydrogen-bond acceptors (Lipinski definition) is 10. The van der Waals surface area contributed by atoms with E-state index in [1.54, 1.807) is 24.5 Å². The summed E-state index contributed by atoms with van der Waals surface area (Å²) in [7, 11) is 1.52. The second-order valence-corrected chi connectivity index (χ2v) is 9.11. The first-order valence-electron chi connectivity index (χ1n) is 12.1. The van der Waals surface area contributed by atoms with E-state index in [1.165, 1.54) is 17.9 Å². The summed E-state index contributed by atoms with van der Waals surface area (Å²) in [5.41, 5.74) is 3.88. The molecule has 1 aliphatic carbocycles. The summed E-state index contributed by atoms with van der Waals surface area (Å²) in [4.78, 5) is 30.4. The summed E-state index contributed by atoms with van der Waals surface area (Å²) in [5, 5.41) is 14.3. The average Bonchev–Trinajstić information content (AvgIpc) is 2.92. The second kappa shape index (κ2) is 9.75.